The fourth-order valence-electron chi connectivity index (χ4n) is 2.30. The number of alkyl carbamates (subject to hydrolysis) is 1. The summed E-state index contributed by atoms with van der Waals surface area (Å²) < 4.78 is 7.53. The topological polar surface area (TPSA) is 68.2 Å². The van der Waals surface area contributed by atoms with Crippen LogP contribution in [-0.4, -0.2) is 33.8 Å². The van der Waals surface area contributed by atoms with Gasteiger partial charge in [0, 0.05) is 31.4 Å². The average molecular weight is 308 g/mol. The predicted molar refractivity (Wildman–Crippen MR) is 85.7 cm³/mol. The van der Waals surface area contributed by atoms with E-state index in [0.29, 0.717) is 12.6 Å². The Morgan fingerprint density at radius 3 is 2.82 bits per heavy atom. The van der Waals surface area contributed by atoms with Crippen molar-refractivity contribution in [3.05, 3.63) is 18.2 Å². The summed E-state index contributed by atoms with van der Waals surface area (Å²) in [6, 6.07) is 0.702. The highest BCUT2D eigenvalue weighted by molar-refractivity contribution is 5.68. The van der Waals surface area contributed by atoms with Gasteiger partial charge in [-0.15, -0.1) is 0 Å². The lowest BCUT2D eigenvalue weighted by Crippen LogP contribution is -2.43. The van der Waals surface area contributed by atoms with Gasteiger partial charge in [-0.05, 0) is 40.0 Å². The van der Waals surface area contributed by atoms with Gasteiger partial charge in [-0.3, -0.25) is 0 Å². The van der Waals surface area contributed by atoms with Crippen LogP contribution in [0.25, 0.3) is 0 Å². The number of carbonyl (C=O) groups excluding carboxylic acids is 1. The minimum atomic E-state index is -0.466. The summed E-state index contributed by atoms with van der Waals surface area (Å²) in [7, 11) is 0. The van der Waals surface area contributed by atoms with Crippen molar-refractivity contribution in [2.75, 3.05) is 6.54 Å². The molecule has 1 amide bonds. The molecule has 1 atom stereocenters. The maximum atomic E-state index is 11.8. The second kappa shape index (κ2) is 7.13. The Morgan fingerprint density at radius 1 is 1.50 bits per heavy atom. The molecule has 1 aliphatic rings. The molecule has 0 bridgehead atoms. The van der Waals surface area contributed by atoms with Crippen LogP contribution in [-0.2, 0) is 11.3 Å². The summed E-state index contributed by atoms with van der Waals surface area (Å²) in [6.07, 6.45) is 6.82. The quantitative estimate of drug-likeness (QED) is 0.812. The minimum absolute atomic E-state index is 0.0622. The fraction of sp³-hybridized carbons (Fsp3) is 0.750. The molecular weight excluding hydrogens is 280 g/mol. The Morgan fingerprint density at radius 2 is 2.23 bits per heavy atom. The first kappa shape index (κ1) is 16.8. The van der Waals surface area contributed by atoms with E-state index in [-0.39, 0.29) is 12.1 Å². The molecule has 1 aliphatic carbocycles. The van der Waals surface area contributed by atoms with E-state index in [9.17, 15) is 4.79 Å². The number of carbonyl (C=O) groups is 1. The van der Waals surface area contributed by atoms with Gasteiger partial charge in [-0.2, -0.15) is 0 Å². The number of rotatable bonds is 7. The predicted octanol–water partition coefficient (Wildman–Crippen LogP) is 2.61. The average Bonchev–Trinajstić information content (AvgIpc) is 3.15. The molecule has 1 fully saturated rings. The Labute approximate surface area is 132 Å². The molecule has 6 heteroatoms. The van der Waals surface area contributed by atoms with Crippen molar-refractivity contribution in [2.24, 2.45) is 0 Å². The van der Waals surface area contributed by atoms with Crippen LogP contribution in [0.5, 0.6) is 0 Å². The summed E-state index contributed by atoms with van der Waals surface area (Å²) in [5.41, 5.74) is 0.738. The Bertz CT molecular complexity index is 489. The van der Waals surface area contributed by atoms with E-state index < -0.39 is 5.60 Å². The lowest BCUT2D eigenvalue weighted by Gasteiger charge is -2.23. The number of imidazole rings is 1. The molecule has 1 heterocycles. The minimum Gasteiger partial charge on any atom is -0.444 e. The number of hydrogen-bond donors (Lipinski definition) is 2. The normalized spacial score (nSPS) is 16.4. The second-order valence-electron chi connectivity index (χ2n) is 6.91. The highest BCUT2D eigenvalue weighted by Crippen LogP contribution is 2.35. The van der Waals surface area contributed by atoms with E-state index in [2.05, 4.69) is 27.1 Å². The van der Waals surface area contributed by atoms with E-state index in [1.54, 1.807) is 0 Å². The molecule has 2 N–H and O–H groups in total. The third-order valence-electron chi connectivity index (χ3n) is 3.60. The zero-order chi connectivity index (χ0) is 16.2. The maximum absolute atomic E-state index is 11.8. The smallest absolute Gasteiger partial charge is 0.407 e. The van der Waals surface area contributed by atoms with Crippen LogP contribution in [0.3, 0.4) is 0 Å². The van der Waals surface area contributed by atoms with Gasteiger partial charge < -0.3 is 19.9 Å². The number of hydrogen-bond acceptors (Lipinski definition) is 4. The van der Waals surface area contributed by atoms with Crippen molar-refractivity contribution in [3.8, 4) is 0 Å². The lowest BCUT2D eigenvalue weighted by molar-refractivity contribution is 0.0502. The number of ether oxygens (including phenoxy) is 1. The summed E-state index contributed by atoms with van der Waals surface area (Å²) in [4.78, 5) is 16.0. The summed E-state index contributed by atoms with van der Waals surface area (Å²) in [5.74, 6) is 0. The van der Waals surface area contributed by atoms with Gasteiger partial charge in [0.1, 0.15) is 5.60 Å². The molecule has 0 saturated heterocycles. The highest BCUT2D eigenvalue weighted by Gasteiger charge is 2.25. The van der Waals surface area contributed by atoms with Crippen molar-refractivity contribution < 1.29 is 9.53 Å². The Balaban J connectivity index is 1.74. The third-order valence-corrected chi connectivity index (χ3v) is 3.60. The van der Waals surface area contributed by atoms with E-state index in [1.807, 2.05) is 33.3 Å². The van der Waals surface area contributed by atoms with E-state index in [1.165, 1.54) is 18.5 Å². The van der Waals surface area contributed by atoms with Crippen molar-refractivity contribution in [1.82, 2.24) is 20.2 Å². The van der Waals surface area contributed by atoms with E-state index in [4.69, 9.17) is 4.74 Å². The molecule has 1 aromatic rings. The Hall–Kier alpha value is -1.56. The van der Waals surface area contributed by atoms with Crippen molar-refractivity contribution in [2.45, 2.75) is 71.2 Å². The summed E-state index contributed by atoms with van der Waals surface area (Å²) in [6.45, 7) is 9.13. The van der Waals surface area contributed by atoms with Crippen LogP contribution in [0, 0.1) is 0 Å². The number of aromatic nitrogens is 2. The zero-order valence-electron chi connectivity index (χ0n) is 14.1. The lowest BCUT2D eigenvalue weighted by atomic mass is 10.2. The van der Waals surface area contributed by atoms with Gasteiger partial charge in [0.2, 0.25) is 0 Å². The highest BCUT2D eigenvalue weighted by atomic mass is 16.6. The standard InChI is InChI=1S/C16H28N4O2/c1-5-12(19-15(21)22-16(2,3)4)8-17-9-14-10-18-11-20(14)13-6-7-13/h10-13,17H,5-9H2,1-4H3,(H,19,21). The maximum Gasteiger partial charge on any atom is 0.407 e. The molecule has 6 nitrogen and oxygen atoms in total. The van der Waals surface area contributed by atoms with Crippen LogP contribution < -0.4 is 10.6 Å². The molecule has 1 unspecified atom stereocenters. The van der Waals surface area contributed by atoms with Gasteiger partial charge in [0.15, 0.2) is 0 Å². The van der Waals surface area contributed by atoms with Gasteiger partial charge in [-0.1, -0.05) is 6.92 Å². The van der Waals surface area contributed by atoms with Gasteiger partial charge in [0.25, 0.3) is 0 Å². The molecule has 1 aromatic heterocycles. The molecule has 0 aromatic carbocycles. The number of amides is 1. The first-order chi connectivity index (χ1) is 10.4. The summed E-state index contributed by atoms with van der Waals surface area (Å²) in [5, 5.41) is 6.31. The van der Waals surface area contributed by atoms with Gasteiger partial charge in [0.05, 0.1) is 12.0 Å². The van der Waals surface area contributed by atoms with Gasteiger partial charge in [-0.25, -0.2) is 9.78 Å². The number of nitrogens with one attached hydrogen (secondary N) is 2. The van der Waals surface area contributed by atoms with Crippen molar-refractivity contribution >= 4 is 6.09 Å². The SMILES string of the molecule is CCC(CNCc1cncn1C1CC1)NC(=O)OC(C)(C)C. The molecular formula is C16H28N4O2. The monoisotopic (exact) mass is 308 g/mol. The van der Waals surface area contributed by atoms with Crippen molar-refractivity contribution in [3.63, 3.8) is 0 Å². The molecule has 1 saturated carbocycles. The molecule has 124 valence electrons. The van der Waals surface area contributed by atoms with Crippen LogP contribution in [0.2, 0.25) is 0 Å². The zero-order valence-corrected chi connectivity index (χ0v) is 14.1. The fourth-order valence-corrected chi connectivity index (χ4v) is 2.30. The van der Waals surface area contributed by atoms with Crippen molar-refractivity contribution in [1.29, 1.82) is 0 Å². The summed E-state index contributed by atoms with van der Waals surface area (Å²) >= 11 is 0. The second-order valence-corrected chi connectivity index (χ2v) is 6.91. The molecule has 2 rings (SSSR count). The molecule has 0 radical (unpaired) electrons. The van der Waals surface area contributed by atoms with Crippen LogP contribution in [0.1, 0.15) is 58.7 Å². The van der Waals surface area contributed by atoms with Crippen LogP contribution in [0.15, 0.2) is 12.5 Å². The third kappa shape index (κ3) is 5.33. The van der Waals surface area contributed by atoms with Gasteiger partial charge >= 0.3 is 6.09 Å². The first-order valence-corrected chi connectivity index (χ1v) is 8.10. The van der Waals surface area contributed by atoms with Crippen LogP contribution in [0.4, 0.5) is 4.79 Å². The van der Waals surface area contributed by atoms with E-state index >= 15 is 0 Å². The number of nitrogens with zero attached hydrogens (tertiary/aromatic N) is 2. The molecule has 0 spiro atoms. The van der Waals surface area contributed by atoms with Crippen LogP contribution >= 0.6 is 0 Å². The van der Waals surface area contributed by atoms with E-state index in [0.717, 1.165) is 13.0 Å². The molecule has 22 heavy (non-hydrogen) atoms. The largest absolute Gasteiger partial charge is 0.444 e. The first-order valence-electron chi connectivity index (χ1n) is 8.10. The molecule has 0 aliphatic heterocycles. The Kier molecular flexibility index (Phi) is 5.45.